The van der Waals surface area contributed by atoms with E-state index in [0.29, 0.717) is 18.2 Å². The molecule has 8 nitrogen and oxygen atoms in total. The van der Waals surface area contributed by atoms with Crippen molar-refractivity contribution in [3.05, 3.63) is 48.3 Å². The third-order valence-corrected chi connectivity index (χ3v) is 5.43. The second-order valence-corrected chi connectivity index (χ2v) is 7.51. The molecule has 4 aromatic rings. The number of hydrogen-bond donors (Lipinski definition) is 0. The van der Waals surface area contributed by atoms with Crippen LogP contribution in [0.5, 0.6) is 0 Å². The molecular formula is C20H22N8. The van der Waals surface area contributed by atoms with E-state index in [9.17, 15) is 0 Å². The Morgan fingerprint density at radius 3 is 2.96 bits per heavy atom. The molecule has 142 valence electrons. The predicted octanol–water partition coefficient (Wildman–Crippen LogP) is 1.96. The van der Waals surface area contributed by atoms with E-state index in [1.807, 2.05) is 23.0 Å². The molecule has 3 aromatic heterocycles. The lowest BCUT2D eigenvalue weighted by atomic mass is 10.1. The number of rotatable bonds is 4. The molecule has 1 aliphatic rings. The van der Waals surface area contributed by atoms with Gasteiger partial charge in [-0.2, -0.15) is 0 Å². The second-order valence-electron chi connectivity index (χ2n) is 7.51. The summed E-state index contributed by atoms with van der Waals surface area (Å²) in [4.78, 5) is 18.3. The van der Waals surface area contributed by atoms with E-state index < -0.39 is 0 Å². The van der Waals surface area contributed by atoms with Crippen molar-refractivity contribution in [3.63, 3.8) is 0 Å². The highest BCUT2D eigenvalue weighted by Gasteiger charge is 2.25. The average Bonchev–Trinajstić information content (AvgIpc) is 3.35. The van der Waals surface area contributed by atoms with Crippen LogP contribution in [0.25, 0.3) is 22.2 Å². The van der Waals surface area contributed by atoms with E-state index in [4.69, 9.17) is 4.98 Å². The first-order chi connectivity index (χ1) is 13.7. The van der Waals surface area contributed by atoms with Crippen molar-refractivity contribution in [2.45, 2.75) is 19.0 Å². The molecule has 0 radical (unpaired) electrons. The SMILES string of the molecule is CN(C)[C@H]1CCN(c2cnc3nnn(Cc4ccc5ncccc5c4)c3n2)C1. The Kier molecular flexibility index (Phi) is 4.12. The molecule has 0 unspecified atom stereocenters. The number of fused-ring (bicyclic) bond motifs is 2. The Labute approximate surface area is 162 Å². The molecule has 0 bridgehead atoms. The molecule has 0 saturated carbocycles. The Balaban J connectivity index is 1.44. The topological polar surface area (TPSA) is 75.9 Å². The van der Waals surface area contributed by atoms with Crippen molar-refractivity contribution in [1.29, 1.82) is 0 Å². The molecule has 1 aliphatic heterocycles. The molecule has 0 N–H and O–H groups in total. The van der Waals surface area contributed by atoms with Gasteiger partial charge in [0.1, 0.15) is 5.82 Å². The lowest BCUT2D eigenvalue weighted by Gasteiger charge is -2.20. The number of nitrogens with zero attached hydrogens (tertiary/aromatic N) is 8. The maximum atomic E-state index is 4.84. The first-order valence-corrected chi connectivity index (χ1v) is 9.49. The van der Waals surface area contributed by atoms with Crippen LogP contribution in [0.4, 0.5) is 5.82 Å². The summed E-state index contributed by atoms with van der Waals surface area (Å²) in [6, 6.07) is 10.8. The summed E-state index contributed by atoms with van der Waals surface area (Å²) in [5.41, 5.74) is 3.42. The van der Waals surface area contributed by atoms with E-state index in [1.165, 1.54) is 0 Å². The van der Waals surface area contributed by atoms with Crippen LogP contribution in [0.1, 0.15) is 12.0 Å². The Hall–Kier alpha value is -3.13. The van der Waals surface area contributed by atoms with Gasteiger partial charge in [0, 0.05) is 30.7 Å². The number of likely N-dealkylation sites (N-methyl/N-ethyl adjacent to an activating group) is 1. The summed E-state index contributed by atoms with van der Waals surface area (Å²) in [5.74, 6) is 0.892. The third kappa shape index (κ3) is 3.05. The number of anilines is 1. The predicted molar refractivity (Wildman–Crippen MR) is 108 cm³/mol. The molecule has 28 heavy (non-hydrogen) atoms. The number of hydrogen-bond acceptors (Lipinski definition) is 7. The van der Waals surface area contributed by atoms with Gasteiger partial charge < -0.3 is 9.80 Å². The highest BCUT2D eigenvalue weighted by molar-refractivity contribution is 5.79. The van der Waals surface area contributed by atoms with Gasteiger partial charge in [-0.25, -0.2) is 14.6 Å². The van der Waals surface area contributed by atoms with E-state index in [1.54, 1.807) is 6.20 Å². The van der Waals surface area contributed by atoms with Crippen LogP contribution in [-0.4, -0.2) is 68.1 Å². The van der Waals surface area contributed by atoms with Gasteiger partial charge in [0.05, 0.1) is 18.3 Å². The fourth-order valence-corrected chi connectivity index (χ4v) is 3.77. The van der Waals surface area contributed by atoms with Gasteiger partial charge in [-0.3, -0.25) is 4.98 Å². The zero-order valence-electron chi connectivity index (χ0n) is 16.0. The molecule has 4 heterocycles. The lowest BCUT2D eigenvalue weighted by molar-refractivity contribution is 0.315. The summed E-state index contributed by atoms with van der Waals surface area (Å²) in [5, 5.41) is 9.58. The zero-order chi connectivity index (χ0) is 19.1. The average molecular weight is 374 g/mol. The minimum absolute atomic E-state index is 0.548. The fourth-order valence-electron chi connectivity index (χ4n) is 3.77. The molecule has 0 aliphatic carbocycles. The Morgan fingerprint density at radius 2 is 2.11 bits per heavy atom. The van der Waals surface area contributed by atoms with Crippen LogP contribution in [0.15, 0.2) is 42.7 Å². The van der Waals surface area contributed by atoms with Crippen molar-refractivity contribution in [2.24, 2.45) is 0 Å². The summed E-state index contributed by atoms with van der Waals surface area (Å²) in [6.45, 7) is 2.55. The van der Waals surface area contributed by atoms with Crippen molar-refractivity contribution < 1.29 is 0 Å². The smallest absolute Gasteiger partial charge is 0.221 e. The van der Waals surface area contributed by atoms with E-state index in [2.05, 4.69) is 62.4 Å². The maximum absolute atomic E-state index is 4.84. The molecule has 1 aromatic carbocycles. The molecule has 1 atom stereocenters. The van der Waals surface area contributed by atoms with Crippen LogP contribution >= 0.6 is 0 Å². The van der Waals surface area contributed by atoms with E-state index in [-0.39, 0.29) is 0 Å². The first kappa shape index (κ1) is 17.0. The largest absolute Gasteiger partial charge is 0.354 e. The molecule has 5 rings (SSSR count). The molecular weight excluding hydrogens is 352 g/mol. The van der Waals surface area contributed by atoms with Crippen LogP contribution < -0.4 is 4.90 Å². The molecule has 1 saturated heterocycles. The Morgan fingerprint density at radius 1 is 1.18 bits per heavy atom. The monoisotopic (exact) mass is 374 g/mol. The van der Waals surface area contributed by atoms with Crippen molar-refractivity contribution in [2.75, 3.05) is 32.1 Å². The second kappa shape index (κ2) is 6.79. The van der Waals surface area contributed by atoms with Crippen LogP contribution in [0.2, 0.25) is 0 Å². The van der Waals surface area contributed by atoms with Gasteiger partial charge in [0.2, 0.25) is 5.65 Å². The van der Waals surface area contributed by atoms with Gasteiger partial charge in [0.15, 0.2) is 5.65 Å². The van der Waals surface area contributed by atoms with Crippen LogP contribution in [0.3, 0.4) is 0 Å². The summed E-state index contributed by atoms with van der Waals surface area (Å²) in [7, 11) is 4.25. The quantitative estimate of drug-likeness (QED) is 0.540. The minimum atomic E-state index is 0.548. The summed E-state index contributed by atoms with van der Waals surface area (Å²) in [6.07, 6.45) is 4.75. The van der Waals surface area contributed by atoms with Crippen molar-refractivity contribution in [3.8, 4) is 0 Å². The molecule has 1 fully saturated rings. The highest BCUT2D eigenvalue weighted by atomic mass is 15.5. The van der Waals surface area contributed by atoms with Gasteiger partial charge in [-0.1, -0.05) is 17.3 Å². The zero-order valence-corrected chi connectivity index (χ0v) is 16.0. The Bertz CT molecular complexity index is 1140. The van der Waals surface area contributed by atoms with Crippen molar-refractivity contribution >= 4 is 28.0 Å². The lowest BCUT2D eigenvalue weighted by Crippen LogP contribution is -2.31. The summed E-state index contributed by atoms with van der Waals surface area (Å²) >= 11 is 0. The van der Waals surface area contributed by atoms with Gasteiger partial charge >= 0.3 is 0 Å². The highest BCUT2D eigenvalue weighted by Crippen LogP contribution is 2.22. The maximum Gasteiger partial charge on any atom is 0.221 e. The van der Waals surface area contributed by atoms with Gasteiger partial charge in [-0.05, 0) is 44.3 Å². The number of aromatic nitrogens is 6. The number of pyridine rings is 1. The van der Waals surface area contributed by atoms with Gasteiger partial charge in [-0.15, -0.1) is 5.10 Å². The number of benzene rings is 1. The normalized spacial score (nSPS) is 17.2. The molecule has 0 spiro atoms. The summed E-state index contributed by atoms with van der Waals surface area (Å²) < 4.78 is 1.82. The van der Waals surface area contributed by atoms with E-state index in [0.717, 1.165) is 47.4 Å². The first-order valence-electron chi connectivity index (χ1n) is 9.49. The van der Waals surface area contributed by atoms with E-state index >= 15 is 0 Å². The van der Waals surface area contributed by atoms with Gasteiger partial charge in [0.25, 0.3) is 0 Å². The molecule has 0 amide bonds. The minimum Gasteiger partial charge on any atom is -0.354 e. The van der Waals surface area contributed by atoms with Crippen LogP contribution in [0, 0.1) is 0 Å². The van der Waals surface area contributed by atoms with Crippen LogP contribution in [-0.2, 0) is 6.54 Å². The van der Waals surface area contributed by atoms with Crippen molar-refractivity contribution in [1.82, 2.24) is 34.8 Å². The third-order valence-electron chi connectivity index (χ3n) is 5.43. The molecule has 8 heteroatoms. The standard InChI is InChI=1S/C20H22N8/c1-26(2)16-7-9-27(13-16)18-11-22-19-20(23-18)28(25-24-19)12-14-5-6-17-15(10-14)4-3-8-21-17/h3-6,8,10-11,16H,7,9,12-13H2,1-2H3/t16-/m0/s1. The fraction of sp³-hybridized carbons (Fsp3) is 0.350.